The van der Waals surface area contributed by atoms with Gasteiger partial charge in [-0.3, -0.25) is 4.98 Å². The molecule has 1 N–H and O–H groups in total. The number of hydrogen-bond acceptors (Lipinski definition) is 3. The number of benzene rings is 2. The summed E-state index contributed by atoms with van der Waals surface area (Å²) in [4.78, 5) is 4.37. The van der Waals surface area contributed by atoms with Gasteiger partial charge in [-0.25, -0.2) is 4.39 Å². The van der Waals surface area contributed by atoms with Crippen molar-refractivity contribution in [1.29, 1.82) is 0 Å². The second kappa shape index (κ2) is 5.07. The van der Waals surface area contributed by atoms with Gasteiger partial charge in [-0.05, 0) is 35.9 Å². The van der Waals surface area contributed by atoms with Crippen molar-refractivity contribution in [2.75, 3.05) is 18.5 Å². The Balaban J connectivity index is 1.70. The third kappa shape index (κ3) is 2.22. The highest BCUT2D eigenvalue weighted by Gasteiger charge is 2.40. The summed E-state index contributed by atoms with van der Waals surface area (Å²) in [5.41, 5.74) is 2.42. The molecule has 3 aromatic rings. The molecule has 0 unspecified atom stereocenters. The quantitative estimate of drug-likeness (QED) is 0.799. The molecule has 4 heteroatoms. The Kier molecular flexibility index (Phi) is 3.05. The zero-order valence-electron chi connectivity index (χ0n) is 11.9. The van der Waals surface area contributed by atoms with Gasteiger partial charge in [0.2, 0.25) is 0 Å². The van der Waals surface area contributed by atoms with Gasteiger partial charge < -0.3 is 10.1 Å². The summed E-state index contributed by atoms with van der Waals surface area (Å²) < 4.78 is 18.9. The monoisotopic (exact) mass is 294 g/mol. The van der Waals surface area contributed by atoms with E-state index in [1.165, 1.54) is 6.07 Å². The fourth-order valence-electron chi connectivity index (χ4n) is 2.82. The van der Waals surface area contributed by atoms with E-state index in [1.807, 2.05) is 36.4 Å². The minimum atomic E-state index is -0.370. The van der Waals surface area contributed by atoms with Gasteiger partial charge in [0.25, 0.3) is 0 Å². The number of aromatic nitrogens is 1. The minimum Gasteiger partial charge on any atom is -0.376 e. The van der Waals surface area contributed by atoms with Gasteiger partial charge in [-0.1, -0.05) is 24.3 Å². The van der Waals surface area contributed by atoms with Crippen molar-refractivity contribution in [1.82, 2.24) is 4.98 Å². The molecule has 0 amide bonds. The van der Waals surface area contributed by atoms with Crippen molar-refractivity contribution >= 4 is 16.6 Å². The number of halogens is 1. The highest BCUT2D eigenvalue weighted by atomic mass is 19.1. The zero-order chi connectivity index (χ0) is 15.0. The highest BCUT2D eigenvalue weighted by molar-refractivity contribution is 5.82. The molecular formula is C18H15FN2O. The van der Waals surface area contributed by atoms with E-state index in [0.717, 1.165) is 22.2 Å². The zero-order valence-corrected chi connectivity index (χ0v) is 11.9. The molecule has 0 atom stereocenters. The Morgan fingerprint density at radius 2 is 1.95 bits per heavy atom. The van der Waals surface area contributed by atoms with Crippen LogP contribution in [0.2, 0.25) is 0 Å². The van der Waals surface area contributed by atoms with Crippen molar-refractivity contribution in [3.63, 3.8) is 0 Å². The van der Waals surface area contributed by atoms with Crippen LogP contribution in [-0.4, -0.2) is 18.2 Å². The lowest BCUT2D eigenvalue weighted by atomic mass is 9.87. The maximum Gasteiger partial charge on any atom is 0.123 e. The molecule has 0 aliphatic carbocycles. The summed E-state index contributed by atoms with van der Waals surface area (Å²) in [5.74, 6) is -0.231. The Morgan fingerprint density at radius 3 is 2.73 bits per heavy atom. The predicted octanol–water partition coefficient (Wildman–Crippen LogP) is 3.71. The average molecular weight is 294 g/mol. The van der Waals surface area contributed by atoms with Crippen LogP contribution in [0.4, 0.5) is 10.1 Å². The van der Waals surface area contributed by atoms with Crippen molar-refractivity contribution in [2.45, 2.75) is 5.54 Å². The first-order chi connectivity index (χ1) is 10.8. The smallest absolute Gasteiger partial charge is 0.123 e. The largest absolute Gasteiger partial charge is 0.376 e. The van der Waals surface area contributed by atoms with E-state index in [0.29, 0.717) is 13.2 Å². The average Bonchev–Trinajstić information content (AvgIpc) is 2.51. The van der Waals surface area contributed by atoms with E-state index >= 15 is 0 Å². The van der Waals surface area contributed by atoms with E-state index in [2.05, 4.69) is 10.3 Å². The van der Waals surface area contributed by atoms with Gasteiger partial charge in [-0.15, -0.1) is 0 Å². The molecule has 110 valence electrons. The number of rotatable bonds is 3. The highest BCUT2D eigenvalue weighted by Crippen LogP contribution is 2.34. The molecule has 3 nitrogen and oxygen atoms in total. The van der Waals surface area contributed by atoms with Crippen molar-refractivity contribution in [3.05, 3.63) is 72.2 Å². The molecular weight excluding hydrogens is 279 g/mol. The van der Waals surface area contributed by atoms with Crippen LogP contribution in [0, 0.1) is 5.82 Å². The normalized spacial score (nSPS) is 16.2. The second-order valence-corrected chi connectivity index (χ2v) is 5.62. The number of anilines is 1. The Hall–Kier alpha value is -2.46. The Bertz CT molecular complexity index is 830. The molecule has 1 aliphatic rings. The molecule has 1 aromatic heterocycles. The van der Waals surface area contributed by atoms with Crippen LogP contribution in [0.25, 0.3) is 10.9 Å². The topological polar surface area (TPSA) is 34.2 Å². The van der Waals surface area contributed by atoms with E-state index in [9.17, 15) is 4.39 Å². The van der Waals surface area contributed by atoms with Crippen LogP contribution in [0.1, 0.15) is 5.56 Å². The van der Waals surface area contributed by atoms with Crippen LogP contribution in [0.3, 0.4) is 0 Å². The van der Waals surface area contributed by atoms with Crippen LogP contribution >= 0.6 is 0 Å². The molecule has 2 aromatic carbocycles. The SMILES string of the molecule is Fc1cccc(C2(Nc3ccc4cccnc4c3)COC2)c1. The maximum atomic E-state index is 13.5. The van der Waals surface area contributed by atoms with E-state index < -0.39 is 0 Å². The summed E-state index contributed by atoms with van der Waals surface area (Å²) in [7, 11) is 0. The first-order valence-electron chi connectivity index (χ1n) is 7.22. The molecule has 0 spiro atoms. The third-order valence-corrected chi connectivity index (χ3v) is 4.06. The maximum absolute atomic E-state index is 13.5. The molecule has 22 heavy (non-hydrogen) atoms. The van der Waals surface area contributed by atoms with Gasteiger partial charge in [-0.2, -0.15) is 0 Å². The third-order valence-electron chi connectivity index (χ3n) is 4.06. The predicted molar refractivity (Wildman–Crippen MR) is 84.3 cm³/mol. The van der Waals surface area contributed by atoms with Gasteiger partial charge in [0.1, 0.15) is 11.4 Å². The fourth-order valence-corrected chi connectivity index (χ4v) is 2.82. The molecule has 4 rings (SSSR count). The number of fused-ring (bicyclic) bond motifs is 1. The fraction of sp³-hybridized carbons (Fsp3) is 0.167. The summed E-state index contributed by atoms with van der Waals surface area (Å²) >= 11 is 0. The molecule has 1 aliphatic heterocycles. The van der Waals surface area contributed by atoms with Gasteiger partial charge in [0.15, 0.2) is 0 Å². The summed E-state index contributed by atoms with van der Waals surface area (Å²) in [6.45, 7) is 1.05. The van der Waals surface area contributed by atoms with Crippen molar-refractivity contribution in [3.8, 4) is 0 Å². The molecule has 2 heterocycles. The van der Waals surface area contributed by atoms with Crippen LogP contribution in [0.5, 0.6) is 0 Å². The Morgan fingerprint density at radius 1 is 1.05 bits per heavy atom. The number of nitrogens with one attached hydrogen (secondary N) is 1. The second-order valence-electron chi connectivity index (χ2n) is 5.62. The minimum absolute atomic E-state index is 0.231. The first-order valence-corrected chi connectivity index (χ1v) is 7.22. The van der Waals surface area contributed by atoms with E-state index in [4.69, 9.17) is 4.74 Å². The number of hydrogen-bond donors (Lipinski definition) is 1. The molecule has 0 bridgehead atoms. The number of nitrogens with zero attached hydrogens (tertiary/aromatic N) is 1. The summed E-state index contributed by atoms with van der Waals surface area (Å²) in [6.07, 6.45) is 1.78. The van der Waals surface area contributed by atoms with E-state index in [1.54, 1.807) is 18.3 Å². The lowest BCUT2D eigenvalue weighted by molar-refractivity contribution is -0.0448. The lowest BCUT2D eigenvalue weighted by Gasteiger charge is -2.43. The van der Waals surface area contributed by atoms with Gasteiger partial charge >= 0.3 is 0 Å². The van der Waals surface area contributed by atoms with Crippen molar-refractivity contribution < 1.29 is 9.13 Å². The van der Waals surface area contributed by atoms with Gasteiger partial charge in [0.05, 0.1) is 18.7 Å². The van der Waals surface area contributed by atoms with Crippen LogP contribution < -0.4 is 5.32 Å². The standard InChI is InChI=1S/C18H15FN2O/c19-15-5-1-4-14(9-15)18(11-22-12-18)21-16-7-6-13-3-2-8-20-17(13)10-16/h1-10,21H,11-12H2. The molecule has 1 saturated heterocycles. The number of pyridine rings is 1. The van der Waals surface area contributed by atoms with Crippen molar-refractivity contribution in [2.24, 2.45) is 0 Å². The molecule has 0 radical (unpaired) electrons. The first kappa shape index (κ1) is 13.2. The Labute approximate surface area is 127 Å². The lowest BCUT2D eigenvalue weighted by Crippen LogP contribution is -2.53. The summed E-state index contributed by atoms with van der Waals surface area (Å²) in [5, 5.41) is 4.59. The molecule has 1 fully saturated rings. The van der Waals surface area contributed by atoms with Crippen LogP contribution in [-0.2, 0) is 10.3 Å². The van der Waals surface area contributed by atoms with Crippen LogP contribution in [0.15, 0.2) is 60.8 Å². The summed E-state index contributed by atoms with van der Waals surface area (Å²) in [6, 6.07) is 16.7. The van der Waals surface area contributed by atoms with E-state index in [-0.39, 0.29) is 11.4 Å². The molecule has 0 saturated carbocycles. The number of ether oxygens (including phenoxy) is 1. The van der Waals surface area contributed by atoms with Gasteiger partial charge in [0, 0.05) is 17.3 Å².